The third kappa shape index (κ3) is 6.45. The van der Waals surface area contributed by atoms with E-state index in [-0.39, 0.29) is 11.8 Å². The number of thioether (sulfide) groups is 1. The molecule has 2 heterocycles. The Morgan fingerprint density at radius 2 is 1.71 bits per heavy atom. The smallest absolute Gasteiger partial charge is 0.266 e. The second kappa shape index (κ2) is 11.6. The third-order valence-corrected chi connectivity index (χ3v) is 7.69. The lowest BCUT2D eigenvalue weighted by atomic mass is 9.90. The summed E-state index contributed by atoms with van der Waals surface area (Å²) < 4.78 is 0.526. The van der Waals surface area contributed by atoms with Crippen molar-refractivity contribution in [2.45, 2.75) is 32.6 Å². The fourth-order valence-electron chi connectivity index (χ4n) is 4.45. The molecule has 0 radical (unpaired) electrons. The number of benzene rings is 2. The highest BCUT2D eigenvalue weighted by molar-refractivity contribution is 8.26. The molecule has 0 atom stereocenters. The van der Waals surface area contributed by atoms with Crippen LogP contribution < -0.4 is 0 Å². The molecule has 2 saturated heterocycles. The van der Waals surface area contributed by atoms with Gasteiger partial charge in [0.15, 0.2) is 0 Å². The van der Waals surface area contributed by atoms with Crippen molar-refractivity contribution < 1.29 is 9.59 Å². The van der Waals surface area contributed by atoms with Crippen LogP contribution >= 0.6 is 24.0 Å². The normalized spacial score (nSPS) is 18.7. The number of thiocarbonyl (C=S) groups is 1. The molecular formula is C28H30N2O2S2. The van der Waals surface area contributed by atoms with E-state index in [0.717, 1.165) is 43.5 Å². The Morgan fingerprint density at radius 1 is 1.06 bits per heavy atom. The fourth-order valence-corrected chi connectivity index (χ4v) is 5.81. The van der Waals surface area contributed by atoms with Gasteiger partial charge in [0.05, 0.1) is 4.91 Å². The molecule has 0 aliphatic carbocycles. The molecule has 0 spiro atoms. The molecule has 0 N–H and O–H groups in total. The van der Waals surface area contributed by atoms with Gasteiger partial charge in [-0.1, -0.05) is 90.7 Å². The molecular weight excluding hydrogens is 460 g/mol. The van der Waals surface area contributed by atoms with E-state index in [4.69, 9.17) is 12.2 Å². The van der Waals surface area contributed by atoms with E-state index in [1.54, 1.807) is 4.90 Å². The van der Waals surface area contributed by atoms with Crippen LogP contribution in [0.2, 0.25) is 0 Å². The lowest BCUT2D eigenvalue weighted by Crippen LogP contribution is -2.41. The first-order chi connectivity index (χ1) is 16.5. The first kappa shape index (κ1) is 24.4. The molecule has 0 aromatic heterocycles. The summed E-state index contributed by atoms with van der Waals surface area (Å²) in [5.74, 6) is 0.622. The molecule has 2 fully saturated rings. The minimum absolute atomic E-state index is 0.106. The minimum atomic E-state index is -0.106. The summed E-state index contributed by atoms with van der Waals surface area (Å²) in [5.41, 5.74) is 3.44. The number of carbonyl (C=O) groups is 2. The molecule has 0 bridgehead atoms. The van der Waals surface area contributed by atoms with Crippen LogP contribution in [-0.4, -0.2) is 45.6 Å². The molecule has 2 aliphatic rings. The molecule has 2 aromatic rings. The van der Waals surface area contributed by atoms with Crippen LogP contribution in [0.5, 0.6) is 0 Å². The van der Waals surface area contributed by atoms with Gasteiger partial charge in [0.1, 0.15) is 4.32 Å². The summed E-state index contributed by atoms with van der Waals surface area (Å²) >= 11 is 6.76. The highest BCUT2D eigenvalue weighted by atomic mass is 32.2. The average molecular weight is 491 g/mol. The van der Waals surface area contributed by atoms with Crippen molar-refractivity contribution in [2.75, 3.05) is 19.6 Å². The molecule has 176 valence electrons. The average Bonchev–Trinajstić information content (AvgIpc) is 3.11. The second-order valence-electron chi connectivity index (χ2n) is 8.90. The minimum Gasteiger partial charge on any atom is -0.343 e. The molecule has 4 rings (SSSR count). The second-order valence-corrected chi connectivity index (χ2v) is 10.6. The monoisotopic (exact) mass is 490 g/mol. The Hall–Kier alpha value is -2.70. The Bertz CT molecular complexity index is 1090. The van der Waals surface area contributed by atoms with Gasteiger partial charge >= 0.3 is 0 Å². The summed E-state index contributed by atoms with van der Waals surface area (Å²) in [7, 11) is 0. The maximum absolute atomic E-state index is 12.9. The first-order valence-electron chi connectivity index (χ1n) is 11.8. The van der Waals surface area contributed by atoms with Gasteiger partial charge in [-0.2, -0.15) is 0 Å². The summed E-state index contributed by atoms with van der Waals surface area (Å²) in [6.45, 7) is 3.90. The van der Waals surface area contributed by atoms with Crippen molar-refractivity contribution in [1.82, 2.24) is 9.80 Å². The standard InChI is InChI=1S/C28H30N2O2S2/c1-21(18-22-8-4-2-5-9-22)19-25-27(32)30(28(33)34-25)17-14-26(31)29-15-12-24(13-16-29)20-23-10-6-3-7-11-23/h2-11,18-19,24H,12-17,20H2,1H3/b21-18+,25-19-. The van der Waals surface area contributed by atoms with Crippen LogP contribution in [0.3, 0.4) is 0 Å². The number of allylic oxidation sites excluding steroid dienone is 2. The quantitative estimate of drug-likeness (QED) is 0.368. The summed E-state index contributed by atoms with van der Waals surface area (Å²) in [4.78, 5) is 29.8. The number of hydrogen-bond donors (Lipinski definition) is 0. The summed E-state index contributed by atoms with van der Waals surface area (Å²) in [6, 6.07) is 20.6. The van der Waals surface area contributed by atoms with Crippen molar-refractivity contribution in [2.24, 2.45) is 5.92 Å². The van der Waals surface area contributed by atoms with Crippen LogP contribution in [-0.2, 0) is 16.0 Å². The predicted molar refractivity (Wildman–Crippen MR) is 144 cm³/mol. The zero-order chi connectivity index (χ0) is 23.9. The van der Waals surface area contributed by atoms with Crippen molar-refractivity contribution in [3.8, 4) is 0 Å². The maximum atomic E-state index is 12.9. The van der Waals surface area contributed by atoms with E-state index in [2.05, 4.69) is 24.3 Å². The fraction of sp³-hybridized carbons (Fsp3) is 0.321. The number of rotatable bonds is 7. The van der Waals surface area contributed by atoms with Crippen LogP contribution in [0, 0.1) is 5.92 Å². The van der Waals surface area contributed by atoms with Gasteiger partial charge in [0.2, 0.25) is 5.91 Å². The Balaban J connectivity index is 1.26. The zero-order valence-electron chi connectivity index (χ0n) is 19.5. The molecule has 4 nitrogen and oxygen atoms in total. The van der Waals surface area contributed by atoms with E-state index in [9.17, 15) is 9.59 Å². The van der Waals surface area contributed by atoms with Crippen LogP contribution in [0.4, 0.5) is 0 Å². The predicted octanol–water partition coefficient (Wildman–Crippen LogP) is 5.71. The maximum Gasteiger partial charge on any atom is 0.266 e. The number of piperidine rings is 1. The van der Waals surface area contributed by atoms with E-state index in [1.165, 1.54) is 17.3 Å². The van der Waals surface area contributed by atoms with Gasteiger partial charge < -0.3 is 4.90 Å². The Kier molecular flexibility index (Phi) is 8.35. The Morgan fingerprint density at radius 3 is 2.38 bits per heavy atom. The van der Waals surface area contributed by atoms with Gasteiger partial charge in [-0.3, -0.25) is 14.5 Å². The molecule has 34 heavy (non-hydrogen) atoms. The molecule has 2 aromatic carbocycles. The van der Waals surface area contributed by atoms with Crippen molar-refractivity contribution >= 4 is 46.2 Å². The summed E-state index contributed by atoms with van der Waals surface area (Å²) in [5, 5.41) is 0. The summed E-state index contributed by atoms with van der Waals surface area (Å²) in [6.07, 6.45) is 7.35. The molecule has 0 saturated carbocycles. The third-order valence-electron chi connectivity index (χ3n) is 6.31. The SMILES string of the molecule is CC(/C=C1\SC(=S)N(CCC(=O)N2CCC(Cc3ccccc3)CC2)C1=O)=C\c1ccccc1. The van der Waals surface area contributed by atoms with Gasteiger partial charge in [0.25, 0.3) is 5.91 Å². The van der Waals surface area contributed by atoms with Gasteiger partial charge in [-0.25, -0.2) is 0 Å². The number of amides is 2. The lowest BCUT2D eigenvalue weighted by Gasteiger charge is -2.32. The van der Waals surface area contributed by atoms with E-state index < -0.39 is 0 Å². The lowest BCUT2D eigenvalue weighted by molar-refractivity contribution is -0.133. The number of likely N-dealkylation sites (tertiary alicyclic amines) is 1. The van der Waals surface area contributed by atoms with Crippen molar-refractivity contribution in [1.29, 1.82) is 0 Å². The van der Waals surface area contributed by atoms with Crippen LogP contribution in [0.1, 0.15) is 37.3 Å². The van der Waals surface area contributed by atoms with Crippen LogP contribution in [0.15, 0.2) is 77.2 Å². The highest BCUT2D eigenvalue weighted by Crippen LogP contribution is 2.32. The molecule has 2 amide bonds. The van der Waals surface area contributed by atoms with Gasteiger partial charge in [0, 0.05) is 26.1 Å². The van der Waals surface area contributed by atoms with E-state index >= 15 is 0 Å². The van der Waals surface area contributed by atoms with Gasteiger partial charge in [-0.05, 0) is 54.9 Å². The number of nitrogens with zero attached hydrogens (tertiary/aromatic N) is 2. The molecule has 0 unspecified atom stereocenters. The first-order valence-corrected chi connectivity index (χ1v) is 13.0. The van der Waals surface area contributed by atoms with Crippen molar-refractivity contribution in [3.05, 3.63) is 88.3 Å². The topological polar surface area (TPSA) is 40.6 Å². The van der Waals surface area contributed by atoms with E-state index in [1.807, 2.05) is 60.4 Å². The molecule has 6 heteroatoms. The molecule has 2 aliphatic heterocycles. The zero-order valence-corrected chi connectivity index (χ0v) is 21.1. The van der Waals surface area contributed by atoms with Gasteiger partial charge in [-0.15, -0.1) is 0 Å². The van der Waals surface area contributed by atoms with E-state index in [0.29, 0.717) is 28.1 Å². The number of hydrogen-bond acceptors (Lipinski definition) is 4. The van der Waals surface area contributed by atoms with Crippen LogP contribution in [0.25, 0.3) is 6.08 Å². The largest absolute Gasteiger partial charge is 0.343 e. The van der Waals surface area contributed by atoms with Crippen molar-refractivity contribution in [3.63, 3.8) is 0 Å². The highest BCUT2D eigenvalue weighted by Gasteiger charge is 2.32. The number of carbonyl (C=O) groups excluding carboxylic acids is 2. The Labute approximate surface area is 211 Å².